The maximum atomic E-state index is 9.74. The first-order valence-corrected chi connectivity index (χ1v) is 6.63. The molecule has 0 aliphatic heterocycles. The molecule has 2 nitrogen and oxygen atoms in total. The maximum Gasteiger partial charge on any atom is 0.0828 e. The van der Waals surface area contributed by atoms with Crippen molar-refractivity contribution < 1.29 is 5.11 Å². The summed E-state index contributed by atoms with van der Waals surface area (Å²) in [4.78, 5) is 0. The molecule has 2 N–H and O–H groups in total. The molecule has 0 amide bonds. The van der Waals surface area contributed by atoms with Crippen LogP contribution in [0.3, 0.4) is 0 Å². The van der Waals surface area contributed by atoms with Crippen LogP contribution in [0, 0.1) is 6.92 Å². The predicted molar refractivity (Wildman–Crippen MR) is 80.7 cm³/mol. The van der Waals surface area contributed by atoms with Gasteiger partial charge in [-0.05, 0) is 43.7 Å². The molecule has 1 unspecified atom stereocenters. The number of aliphatic hydroxyl groups excluding tert-OH is 1. The quantitative estimate of drug-likeness (QED) is 0.885. The number of hydrogen-bond donors (Lipinski definition) is 2. The zero-order chi connectivity index (χ0) is 13.9. The van der Waals surface area contributed by atoms with Gasteiger partial charge >= 0.3 is 0 Å². The minimum atomic E-state index is -0.512. The smallest absolute Gasteiger partial charge is 0.0828 e. The van der Waals surface area contributed by atoms with Crippen molar-refractivity contribution >= 4 is 17.3 Å². The lowest BCUT2D eigenvalue weighted by Gasteiger charge is -2.30. The van der Waals surface area contributed by atoms with E-state index in [9.17, 15) is 5.11 Å². The molecule has 3 heteroatoms. The zero-order valence-corrected chi connectivity index (χ0v) is 11.9. The second-order valence-corrected chi connectivity index (χ2v) is 5.42. The van der Waals surface area contributed by atoms with Gasteiger partial charge in [-0.25, -0.2) is 0 Å². The fraction of sp³-hybridized carbons (Fsp3) is 0.250. The van der Waals surface area contributed by atoms with E-state index in [2.05, 4.69) is 5.32 Å². The number of nitrogens with one attached hydrogen (secondary N) is 1. The molecule has 0 fully saturated rings. The van der Waals surface area contributed by atoms with Gasteiger partial charge in [0.15, 0.2) is 0 Å². The first kappa shape index (κ1) is 13.9. The Morgan fingerprint density at radius 1 is 1.05 bits per heavy atom. The normalized spacial score (nSPS) is 13.9. The van der Waals surface area contributed by atoms with Crippen LogP contribution < -0.4 is 5.32 Å². The summed E-state index contributed by atoms with van der Waals surface area (Å²) in [6.45, 7) is 4.04. The Balaban J connectivity index is 2.27. The zero-order valence-electron chi connectivity index (χ0n) is 11.2. The monoisotopic (exact) mass is 275 g/mol. The molecule has 2 rings (SSSR count). The molecule has 19 heavy (non-hydrogen) atoms. The van der Waals surface area contributed by atoms with E-state index in [1.54, 1.807) is 0 Å². The molecular formula is C16H18ClNO. The van der Waals surface area contributed by atoms with Crippen molar-refractivity contribution in [1.82, 2.24) is 0 Å². The summed E-state index contributed by atoms with van der Waals surface area (Å²) in [6, 6.07) is 15.6. The second kappa shape index (κ2) is 5.64. The molecule has 0 radical (unpaired) electrons. The fourth-order valence-electron chi connectivity index (χ4n) is 1.98. The highest BCUT2D eigenvalue weighted by Gasteiger charge is 2.25. The number of benzene rings is 2. The summed E-state index contributed by atoms with van der Waals surface area (Å²) in [6.07, 6.45) is 0. The molecule has 0 aromatic heterocycles. The first-order valence-electron chi connectivity index (χ1n) is 6.25. The van der Waals surface area contributed by atoms with Crippen molar-refractivity contribution in [1.29, 1.82) is 0 Å². The average Bonchev–Trinajstić information content (AvgIpc) is 2.42. The van der Waals surface area contributed by atoms with Crippen LogP contribution in [-0.4, -0.2) is 11.7 Å². The van der Waals surface area contributed by atoms with Crippen LogP contribution in [0.2, 0.25) is 5.02 Å². The van der Waals surface area contributed by atoms with Gasteiger partial charge in [0.25, 0.3) is 0 Å². The van der Waals surface area contributed by atoms with Gasteiger partial charge in [0, 0.05) is 10.7 Å². The lowest BCUT2D eigenvalue weighted by Crippen LogP contribution is -2.35. The van der Waals surface area contributed by atoms with Gasteiger partial charge in [0.1, 0.15) is 0 Å². The van der Waals surface area contributed by atoms with Gasteiger partial charge in [0.2, 0.25) is 0 Å². The van der Waals surface area contributed by atoms with Crippen LogP contribution in [0.4, 0.5) is 5.69 Å². The molecule has 2 aromatic rings. The van der Waals surface area contributed by atoms with Gasteiger partial charge < -0.3 is 10.4 Å². The molecule has 0 aliphatic rings. The molecule has 0 saturated carbocycles. The number of halogens is 1. The van der Waals surface area contributed by atoms with E-state index in [1.165, 1.54) is 5.56 Å². The van der Waals surface area contributed by atoms with Crippen LogP contribution in [0.5, 0.6) is 0 Å². The summed E-state index contributed by atoms with van der Waals surface area (Å²) in [5.41, 5.74) is 2.68. The predicted octanol–water partition coefficient (Wildman–Crippen LogP) is 3.97. The Hall–Kier alpha value is -1.51. The molecule has 0 saturated heterocycles. The molecule has 100 valence electrons. The van der Waals surface area contributed by atoms with Crippen molar-refractivity contribution in [2.75, 3.05) is 11.9 Å². The minimum Gasteiger partial charge on any atom is -0.394 e. The van der Waals surface area contributed by atoms with Crippen LogP contribution in [0.25, 0.3) is 0 Å². The number of rotatable bonds is 4. The average molecular weight is 276 g/mol. The molecule has 2 aromatic carbocycles. The number of anilines is 1. The first-order chi connectivity index (χ1) is 9.03. The van der Waals surface area contributed by atoms with E-state index < -0.39 is 5.54 Å². The third-order valence-electron chi connectivity index (χ3n) is 3.27. The highest BCUT2D eigenvalue weighted by atomic mass is 35.5. The summed E-state index contributed by atoms with van der Waals surface area (Å²) in [5.74, 6) is 0. The Kier molecular flexibility index (Phi) is 4.13. The van der Waals surface area contributed by atoms with Crippen molar-refractivity contribution in [2.45, 2.75) is 19.4 Å². The highest BCUT2D eigenvalue weighted by Crippen LogP contribution is 2.26. The van der Waals surface area contributed by atoms with Crippen LogP contribution >= 0.6 is 11.6 Å². The minimum absolute atomic E-state index is 0.0126. The van der Waals surface area contributed by atoms with E-state index >= 15 is 0 Å². The van der Waals surface area contributed by atoms with Gasteiger partial charge in [-0.3, -0.25) is 0 Å². The third kappa shape index (κ3) is 3.28. The summed E-state index contributed by atoms with van der Waals surface area (Å²) < 4.78 is 0. The number of aryl methyl sites for hydroxylation is 1. The summed E-state index contributed by atoms with van der Waals surface area (Å²) >= 11 is 5.87. The number of aliphatic hydroxyl groups is 1. The van der Waals surface area contributed by atoms with Crippen molar-refractivity contribution in [3.63, 3.8) is 0 Å². The van der Waals surface area contributed by atoms with Crippen LogP contribution in [-0.2, 0) is 5.54 Å². The van der Waals surface area contributed by atoms with E-state index in [4.69, 9.17) is 11.6 Å². The van der Waals surface area contributed by atoms with Gasteiger partial charge in [-0.1, -0.05) is 41.4 Å². The fourth-order valence-corrected chi connectivity index (χ4v) is 2.10. The summed E-state index contributed by atoms with van der Waals surface area (Å²) in [5, 5.41) is 13.8. The summed E-state index contributed by atoms with van der Waals surface area (Å²) in [7, 11) is 0. The number of hydrogen-bond acceptors (Lipinski definition) is 2. The Bertz CT molecular complexity index is 536. The second-order valence-electron chi connectivity index (χ2n) is 4.99. The molecular weight excluding hydrogens is 258 g/mol. The SMILES string of the molecule is Cc1ccc(C(C)(CO)Nc2ccc(Cl)cc2)cc1. The standard InChI is InChI=1S/C16H18ClNO/c1-12-3-5-13(6-4-12)16(2,11-19)18-15-9-7-14(17)8-10-15/h3-10,18-19H,11H2,1-2H3. The Labute approximate surface area is 119 Å². The van der Waals surface area contributed by atoms with E-state index in [0.717, 1.165) is 11.3 Å². The maximum absolute atomic E-state index is 9.74. The lowest BCUT2D eigenvalue weighted by molar-refractivity contribution is 0.224. The molecule has 1 atom stereocenters. The van der Waals surface area contributed by atoms with Crippen molar-refractivity contribution in [3.05, 3.63) is 64.7 Å². The molecule has 0 aliphatic carbocycles. The highest BCUT2D eigenvalue weighted by molar-refractivity contribution is 6.30. The molecule has 0 spiro atoms. The van der Waals surface area contributed by atoms with E-state index in [0.29, 0.717) is 5.02 Å². The molecule has 0 bridgehead atoms. The Morgan fingerprint density at radius 2 is 1.63 bits per heavy atom. The van der Waals surface area contributed by atoms with Crippen LogP contribution in [0.1, 0.15) is 18.1 Å². The van der Waals surface area contributed by atoms with E-state index in [1.807, 2.05) is 62.4 Å². The van der Waals surface area contributed by atoms with Crippen LogP contribution in [0.15, 0.2) is 48.5 Å². The van der Waals surface area contributed by atoms with E-state index in [-0.39, 0.29) is 6.61 Å². The van der Waals surface area contributed by atoms with Crippen molar-refractivity contribution in [2.24, 2.45) is 0 Å². The van der Waals surface area contributed by atoms with Crippen molar-refractivity contribution in [3.8, 4) is 0 Å². The van der Waals surface area contributed by atoms with Gasteiger partial charge in [0.05, 0.1) is 12.1 Å². The van der Waals surface area contributed by atoms with Gasteiger partial charge in [-0.2, -0.15) is 0 Å². The molecule has 0 heterocycles. The largest absolute Gasteiger partial charge is 0.394 e. The topological polar surface area (TPSA) is 32.3 Å². The lowest BCUT2D eigenvalue weighted by atomic mass is 9.92. The van der Waals surface area contributed by atoms with Gasteiger partial charge in [-0.15, -0.1) is 0 Å². The third-order valence-corrected chi connectivity index (χ3v) is 3.52. The Morgan fingerprint density at radius 3 is 2.16 bits per heavy atom.